The highest BCUT2D eigenvalue weighted by atomic mass is 32.2. The van der Waals surface area contributed by atoms with E-state index in [-0.39, 0.29) is 132 Å². The van der Waals surface area contributed by atoms with Crippen molar-refractivity contribution in [2.75, 3.05) is 170 Å². The van der Waals surface area contributed by atoms with Crippen LogP contribution in [0.4, 0.5) is 5.95 Å². The fraction of sp³-hybridized carbons (Fsp3) is 0.591. The van der Waals surface area contributed by atoms with Crippen LogP contribution in [0.5, 0.6) is 5.75 Å². The number of nitrogens with one attached hydrogen (secondary N) is 8. The monoisotopic (exact) mass is 1460 g/mol. The van der Waals surface area contributed by atoms with Crippen molar-refractivity contribution in [1.29, 1.82) is 0 Å². The number of methoxy groups -OCH3 is 1. The SMILES string of the molecule is CCCOCCOCCOCCCNC(=O)CCCOc1cc(C)c(S(=O)(=O)NC(CNC(=O)c2cn(C)c3cc(CNc4ncc[nH]4)ccc3c2=O)C(=O)O)c(C)c1.CCNC(=O)[C@@H](CCC(=O)NCCOC)NC(=O)CN1CCN(CC(=O)O)CCN(CC(=O)O)CCN(CC(=O)O)CC1. The summed E-state index contributed by atoms with van der Waals surface area (Å²) in [6.45, 7) is 12.7. The van der Waals surface area contributed by atoms with Crippen molar-refractivity contribution in [2.24, 2.45) is 7.05 Å². The lowest BCUT2D eigenvalue weighted by atomic mass is 10.1. The Hall–Kier alpha value is -8.72. The highest BCUT2D eigenvalue weighted by molar-refractivity contribution is 7.89. The Morgan fingerprint density at radius 2 is 1.21 bits per heavy atom. The lowest BCUT2D eigenvalue weighted by Gasteiger charge is -2.33. The maximum atomic E-state index is 13.5. The molecule has 0 radical (unpaired) electrons. The number of aromatic nitrogens is 3. The molecule has 4 aromatic rings. The highest BCUT2D eigenvalue weighted by Crippen LogP contribution is 2.26. The van der Waals surface area contributed by atoms with Gasteiger partial charge in [-0.3, -0.25) is 67.5 Å². The first-order valence-electron chi connectivity index (χ1n) is 33.7. The van der Waals surface area contributed by atoms with Crippen LogP contribution in [0.25, 0.3) is 10.9 Å². The van der Waals surface area contributed by atoms with Crippen molar-refractivity contribution < 1.29 is 95.7 Å². The van der Waals surface area contributed by atoms with Gasteiger partial charge in [-0.05, 0) is 87.4 Å². The molecule has 36 heteroatoms. The Bertz CT molecular complexity index is 3450. The smallest absolute Gasteiger partial charge is 0.323 e. The lowest BCUT2D eigenvalue weighted by Crippen LogP contribution is -2.52. The summed E-state index contributed by atoms with van der Waals surface area (Å²) in [4.78, 5) is 137. The van der Waals surface area contributed by atoms with Crippen LogP contribution >= 0.6 is 0 Å². The van der Waals surface area contributed by atoms with Crippen molar-refractivity contribution in [2.45, 2.75) is 89.7 Å². The number of aryl methyl sites for hydroxylation is 3. The lowest BCUT2D eigenvalue weighted by molar-refractivity contribution is -0.140. The number of fused-ring (bicyclic) bond motifs is 1. The minimum atomic E-state index is -4.41. The molecule has 568 valence electrons. The average molecular weight is 1460 g/mol. The number of sulfonamides is 1. The van der Waals surface area contributed by atoms with Crippen LogP contribution in [0, 0.1) is 13.8 Å². The minimum absolute atomic E-state index is 0.00268. The second-order valence-corrected chi connectivity index (χ2v) is 25.6. The third-order valence-corrected chi connectivity index (χ3v) is 17.4. The van der Waals surface area contributed by atoms with E-state index >= 15 is 0 Å². The van der Waals surface area contributed by atoms with Gasteiger partial charge in [0.1, 0.15) is 23.4 Å². The van der Waals surface area contributed by atoms with Gasteiger partial charge in [-0.15, -0.1) is 0 Å². The fourth-order valence-electron chi connectivity index (χ4n) is 10.5. The number of likely N-dealkylation sites (N-methyl/N-ethyl adjacent to an activating group) is 1. The largest absolute Gasteiger partial charge is 0.494 e. The van der Waals surface area contributed by atoms with E-state index in [1.54, 1.807) is 82.6 Å². The van der Waals surface area contributed by atoms with Crippen molar-refractivity contribution >= 4 is 80.3 Å². The number of aliphatic carboxylic acids is 4. The molecule has 102 heavy (non-hydrogen) atoms. The molecule has 5 rings (SSSR count). The van der Waals surface area contributed by atoms with Gasteiger partial charge in [0.25, 0.3) is 5.91 Å². The molecule has 1 unspecified atom stereocenters. The Kier molecular flexibility index (Phi) is 39.3. The molecule has 35 nitrogen and oxygen atoms in total. The number of pyridine rings is 1. The molecule has 12 N–H and O–H groups in total. The van der Waals surface area contributed by atoms with Crippen LogP contribution in [0.3, 0.4) is 0 Å². The number of benzene rings is 2. The first kappa shape index (κ1) is 85.7. The number of amides is 5. The van der Waals surface area contributed by atoms with E-state index in [0.717, 1.165) is 18.6 Å². The molecule has 1 aliphatic heterocycles. The van der Waals surface area contributed by atoms with Gasteiger partial charge in [-0.2, -0.15) is 4.72 Å². The zero-order valence-corrected chi connectivity index (χ0v) is 59.8. The van der Waals surface area contributed by atoms with Gasteiger partial charge in [0.15, 0.2) is 5.95 Å². The third-order valence-electron chi connectivity index (χ3n) is 15.6. The molecule has 0 spiro atoms. The van der Waals surface area contributed by atoms with E-state index in [4.69, 9.17) is 23.7 Å². The van der Waals surface area contributed by atoms with Crippen LogP contribution in [-0.4, -0.2) is 293 Å². The van der Waals surface area contributed by atoms with Crippen LogP contribution in [0.1, 0.15) is 79.4 Å². The molecule has 2 aromatic heterocycles. The molecular formula is C66H102N14O21S. The number of carbonyl (C=O) groups is 9. The Morgan fingerprint density at radius 3 is 1.75 bits per heavy atom. The minimum Gasteiger partial charge on any atom is -0.494 e. The first-order chi connectivity index (χ1) is 48.7. The number of carbonyl (C=O) groups excluding carboxylic acids is 5. The van der Waals surface area contributed by atoms with Crippen LogP contribution < -0.4 is 46.8 Å². The second-order valence-electron chi connectivity index (χ2n) is 23.9. The maximum Gasteiger partial charge on any atom is 0.323 e. The molecule has 2 aromatic carbocycles. The van der Waals surface area contributed by atoms with Crippen molar-refractivity contribution in [3.63, 3.8) is 0 Å². The summed E-state index contributed by atoms with van der Waals surface area (Å²) in [5.41, 5.74) is 1.23. The number of anilines is 1. The maximum absolute atomic E-state index is 13.5. The normalized spacial score (nSPS) is 14.2. The number of imidazole rings is 1. The van der Waals surface area contributed by atoms with Crippen LogP contribution in [0.2, 0.25) is 0 Å². The van der Waals surface area contributed by atoms with E-state index < -0.39 is 75.7 Å². The number of aromatic amines is 1. The summed E-state index contributed by atoms with van der Waals surface area (Å²) in [5.74, 6) is -5.90. The van der Waals surface area contributed by atoms with Gasteiger partial charge < -0.3 is 85.6 Å². The second kappa shape index (κ2) is 46.7. The van der Waals surface area contributed by atoms with E-state index in [2.05, 4.69) is 46.6 Å². The molecule has 1 fully saturated rings. The molecule has 0 bridgehead atoms. The zero-order chi connectivity index (χ0) is 75.0. The third kappa shape index (κ3) is 32.9. The summed E-state index contributed by atoms with van der Waals surface area (Å²) in [6.07, 6.45) is 7.01. The van der Waals surface area contributed by atoms with E-state index in [0.29, 0.717) is 107 Å². The Morgan fingerprint density at radius 1 is 0.647 bits per heavy atom. The van der Waals surface area contributed by atoms with Gasteiger partial charge >= 0.3 is 23.9 Å². The van der Waals surface area contributed by atoms with Crippen LogP contribution in [0.15, 0.2) is 58.6 Å². The zero-order valence-electron chi connectivity index (χ0n) is 59.0. The summed E-state index contributed by atoms with van der Waals surface area (Å²) >= 11 is 0. The number of carboxylic acid groups (broad SMARTS) is 4. The van der Waals surface area contributed by atoms with E-state index in [1.807, 2.05) is 6.92 Å². The highest BCUT2D eigenvalue weighted by Gasteiger charge is 2.30. The van der Waals surface area contributed by atoms with Crippen molar-refractivity contribution in [3.05, 3.63) is 81.4 Å². The topological polar surface area (TPSA) is 463 Å². The number of rotatable bonds is 44. The standard InChI is InChI=1S/C40H55N7O11S.C26H47N7O10/c1-5-14-55-17-19-57-20-18-56-15-7-11-41-35(48)8-6-16-58-30-21-27(2)37(28(3)22-30)59(53,54)46-33(39(51)52)25-44-38(50)32-26-47(4)34-23-29(9-10-31(34)36(32)49)24-45-40-42-12-13-43-40;1-3-27-26(42)20(4-5-21(34)28-6-15-43-2)29-22(35)16-30-7-9-31(17-23(36)37)11-13-33(19-25(40)41)14-12-32(10-8-30)18-24(38)39/h9-10,12-13,21-23,26,33,46H,5-8,11,14-20,24-25H2,1-4H3,(H,41,48)(H,44,50)(H,51,52)(H2,42,43,45);20H,3-19H2,1-2H3,(H,27,42)(H,28,34)(H,29,35)(H,36,37)(H,38,39)(H,40,41)/t;20-/m.1/s1. The Labute approximate surface area is 593 Å². The molecule has 0 saturated carbocycles. The first-order valence-corrected chi connectivity index (χ1v) is 35.2. The quantitative estimate of drug-likeness (QED) is 0.0246. The van der Waals surface area contributed by atoms with Gasteiger partial charge in [0.05, 0.1) is 76.2 Å². The number of hydrogen-bond acceptors (Lipinski definition) is 23. The summed E-state index contributed by atoms with van der Waals surface area (Å²) in [5, 5.41) is 54.6. The van der Waals surface area contributed by atoms with Gasteiger partial charge in [0, 0.05) is 149 Å². The molecule has 3 heterocycles. The molecule has 2 atom stereocenters. The van der Waals surface area contributed by atoms with E-state index in [1.165, 1.54) is 25.4 Å². The molecule has 1 aliphatic rings. The summed E-state index contributed by atoms with van der Waals surface area (Å²) < 4.78 is 57.7. The predicted octanol–water partition coefficient (Wildman–Crippen LogP) is -0.597. The number of ether oxygens (including phenoxy) is 5. The Balaban J connectivity index is 0.000000456. The molecule has 1 saturated heterocycles. The molecule has 0 aliphatic carbocycles. The molecule has 5 amide bonds. The van der Waals surface area contributed by atoms with Gasteiger partial charge in [0.2, 0.25) is 39.1 Å². The van der Waals surface area contributed by atoms with E-state index in [9.17, 15) is 76.8 Å². The van der Waals surface area contributed by atoms with Crippen LogP contribution in [-0.2, 0) is 80.9 Å². The fourth-order valence-corrected chi connectivity index (χ4v) is 12.2. The predicted molar refractivity (Wildman–Crippen MR) is 374 cm³/mol. The number of hydrogen-bond donors (Lipinski definition) is 12. The summed E-state index contributed by atoms with van der Waals surface area (Å²) in [6, 6.07) is 5.46. The number of carboxylic acids is 4. The number of H-pyrrole nitrogens is 1. The van der Waals surface area contributed by atoms with Gasteiger partial charge in [-0.1, -0.05) is 13.0 Å². The molecular weight excluding hydrogens is 1360 g/mol. The average Bonchev–Trinajstić information content (AvgIpc) is 0.805. The van der Waals surface area contributed by atoms with Crippen molar-refractivity contribution in [1.82, 2.24) is 65.4 Å². The van der Waals surface area contributed by atoms with Crippen molar-refractivity contribution in [3.8, 4) is 5.75 Å². The summed E-state index contributed by atoms with van der Waals surface area (Å²) in [7, 11) is -1.23. The number of nitrogens with zero attached hydrogens (tertiary/aromatic N) is 6. The van der Waals surface area contributed by atoms with Gasteiger partial charge in [-0.25, -0.2) is 13.4 Å².